The van der Waals surface area contributed by atoms with E-state index in [9.17, 15) is 5.11 Å². The Hall–Kier alpha value is -0.120. The number of hydrogen-bond donors (Lipinski definition) is 3. The summed E-state index contributed by atoms with van der Waals surface area (Å²) in [5.74, 6) is 0. The van der Waals surface area contributed by atoms with E-state index >= 15 is 0 Å². The Morgan fingerprint density at radius 1 is 1.38 bits per heavy atom. The molecule has 3 heteroatoms. The van der Waals surface area contributed by atoms with Crippen molar-refractivity contribution in [3.8, 4) is 0 Å². The quantitative estimate of drug-likeness (QED) is 0.554. The van der Waals surface area contributed by atoms with Gasteiger partial charge in [0.15, 0.2) is 0 Å². The van der Waals surface area contributed by atoms with Crippen LogP contribution in [0.1, 0.15) is 33.6 Å². The minimum Gasteiger partial charge on any atom is -0.396 e. The fourth-order valence-electron chi connectivity index (χ4n) is 0.978. The van der Waals surface area contributed by atoms with E-state index < -0.39 is 0 Å². The summed E-state index contributed by atoms with van der Waals surface area (Å²) in [6.07, 6.45) is 1.45. The molecule has 13 heavy (non-hydrogen) atoms. The van der Waals surface area contributed by atoms with Crippen molar-refractivity contribution in [2.75, 3.05) is 19.7 Å². The maximum atomic E-state index is 9.28. The molecule has 0 radical (unpaired) electrons. The van der Waals surface area contributed by atoms with Gasteiger partial charge >= 0.3 is 0 Å². The Bertz CT molecular complexity index is 124. The summed E-state index contributed by atoms with van der Waals surface area (Å²) < 4.78 is 0. The van der Waals surface area contributed by atoms with Crippen LogP contribution in [0, 0.1) is 5.41 Å². The van der Waals surface area contributed by atoms with Gasteiger partial charge in [-0.2, -0.15) is 0 Å². The molecule has 0 saturated carbocycles. The zero-order chi connectivity index (χ0) is 10.3. The topological polar surface area (TPSA) is 52.5 Å². The van der Waals surface area contributed by atoms with E-state index in [0.29, 0.717) is 6.54 Å². The molecule has 0 fully saturated rings. The predicted molar refractivity (Wildman–Crippen MR) is 54.7 cm³/mol. The van der Waals surface area contributed by atoms with Crippen LogP contribution >= 0.6 is 0 Å². The number of rotatable bonds is 7. The van der Waals surface area contributed by atoms with Crippen LogP contribution in [-0.2, 0) is 0 Å². The van der Waals surface area contributed by atoms with Crippen LogP contribution in [-0.4, -0.2) is 36.0 Å². The molecule has 0 aromatic rings. The Morgan fingerprint density at radius 3 is 2.38 bits per heavy atom. The summed E-state index contributed by atoms with van der Waals surface area (Å²) in [4.78, 5) is 0. The van der Waals surface area contributed by atoms with Crippen LogP contribution < -0.4 is 5.32 Å². The second kappa shape index (κ2) is 6.35. The molecule has 0 aromatic carbocycles. The summed E-state index contributed by atoms with van der Waals surface area (Å²) in [7, 11) is 0. The average molecular weight is 189 g/mol. The minimum absolute atomic E-state index is 0.0482. The summed E-state index contributed by atoms with van der Waals surface area (Å²) in [6.45, 7) is 7.63. The molecular formula is C10H23NO2. The van der Waals surface area contributed by atoms with E-state index in [1.54, 1.807) is 0 Å². The number of aliphatic hydroxyl groups excluding tert-OH is 2. The maximum absolute atomic E-state index is 9.28. The van der Waals surface area contributed by atoms with Crippen molar-refractivity contribution in [2.24, 2.45) is 5.41 Å². The lowest BCUT2D eigenvalue weighted by molar-refractivity contribution is 0.121. The highest BCUT2D eigenvalue weighted by Crippen LogP contribution is 2.18. The highest BCUT2D eigenvalue weighted by atomic mass is 16.3. The Labute approximate surface area is 81.2 Å². The number of nitrogens with one attached hydrogen (secondary N) is 1. The monoisotopic (exact) mass is 189 g/mol. The first-order chi connectivity index (χ1) is 6.08. The first kappa shape index (κ1) is 12.9. The Kier molecular flexibility index (Phi) is 6.29. The van der Waals surface area contributed by atoms with Crippen molar-refractivity contribution in [3.05, 3.63) is 0 Å². The van der Waals surface area contributed by atoms with Crippen LogP contribution in [0.25, 0.3) is 0 Å². The van der Waals surface area contributed by atoms with E-state index in [0.717, 1.165) is 19.4 Å². The molecule has 0 rings (SSSR count). The van der Waals surface area contributed by atoms with E-state index in [4.69, 9.17) is 5.11 Å². The molecule has 2 atom stereocenters. The maximum Gasteiger partial charge on any atom is 0.0662 e. The lowest BCUT2D eigenvalue weighted by atomic mass is 9.88. The third-order valence-electron chi connectivity index (χ3n) is 2.64. The smallest absolute Gasteiger partial charge is 0.0662 e. The fraction of sp³-hybridized carbons (Fsp3) is 1.00. The van der Waals surface area contributed by atoms with Crippen molar-refractivity contribution >= 4 is 0 Å². The van der Waals surface area contributed by atoms with Crippen LogP contribution in [0.4, 0.5) is 0 Å². The highest BCUT2D eigenvalue weighted by Gasteiger charge is 2.20. The SMILES string of the molecule is CCC(O)CNCC(C)(CC)CO. The molecule has 0 amide bonds. The van der Waals surface area contributed by atoms with Crippen molar-refractivity contribution in [3.63, 3.8) is 0 Å². The van der Waals surface area contributed by atoms with E-state index in [-0.39, 0.29) is 18.1 Å². The van der Waals surface area contributed by atoms with E-state index in [1.165, 1.54) is 0 Å². The van der Waals surface area contributed by atoms with Gasteiger partial charge in [0.1, 0.15) is 0 Å². The van der Waals surface area contributed by atoms with E-state index in [1.807, 2.05) is 13.8 Å². The number of aliphatic hydroxyl groups is 2. The largest absolute Gasteiger partial charge is 0.396 e. The average Bonchev–Trinajstić information content (AvgIpc) is 2.17. The highest BCUT2D eigenvalue weighted by molar-refractivity contribution is 4.74. The van der Waals surface area contributed by atoms with Crippen molar-refractivity contribution in [1.29, 1.82) is 0 Å². The molecule has 0 saturated heterocycles. The molecule has 0 aliphatic rings. The molecule has 3 N–H and O–H groups in total. The van der Waals surface area contributed by atoms with Gasteiger partial charge < -0.3 is 15.5 Å². The van der Waals surface area contributed by atoms with Gasteiger partial charge in [-0.3, -0.25) is 0 Å². The van der Waals surface area contributed by atoms with Gasteiger partial charge in [-0.05, 0) is 12.8 Å². The van der Waals surface area contributed by atoms with Gasteiger partial charge in [-0.25, -0.2) is 0 Å². The summed E-state index contributed by atoms with van der Waals surface area (Å²) >= 11 is 0. The molecule has 3 nitrogen and oxygen atoms in total. The number of hydrogen-bond acceptors (Lipinski definition) is 3. The van der Waals surface area contributed by atoms with Crippen molar-refractivity contribution in [2.45, 2.75) is 39.7 Å². The van der Waals surface area contributed by atoms with Crippen molar-refractivity contribution in [1.82, 2.24) is 5.32 Å². The normalized spacial score (nSPS) is 18.2. The molecule has 0 spiro atoms. The molecular weight excluding hydrogens is 166 g/mol. The third-order valence-corrected chi connectivity index (χ3v) is 2.64. The zero-order valence-corrected chi connectivity index (χ0v) is 9.01. The zero-order valence-electron chi connectivity index (χ0n) is 9.01. The van der Waals surface area contributed by atoms with E-state index in [2.05, 4.69) is 12.2 Å². The van der Waals surface area contributed by atoms with Gasteiger partial charge in [0.05, 0.1) is 6.10 Å². The molecule has 0 bridgehead atoms. The second-order valence-corrected chi connectivity index (χ2v) is 4.02. The van der Waals surface area contributed by atoms with Gasteiger partial charge in [0.2, 0.25) is 0 Å². The molecule has 0 heterocycles. The Morgan fingerprint density at radius 2 is 2.00 bits per heavy atom. The first-order valence-electron chi connectivity index (χ1n) is 5.07. The molecule has 0 aromatic heterocycles. The minimum atomic E-state index is -0.264. The molecule has 2 unspecified atom stereocenters. The lowest BCUT2D eigenvalue weighted by Gasteiger charge is -2.26. The predicted octanol–water partition coefficient (Wildman–Crippen LogP) is 0.755. The third kappa shape index (κ3) is 5.24. The van der Waals surface area contributed by atoms with Gasteiger partial charge in [-0.15, -0.1) is 0 Å². The summed E-state index contributed by atoms with van der Waals surface area (Å²) in [6, 6.07) is 0. The van der Waals surface area contributed by atoms with Gasteiger partial charge in [0.25, 0.3) is 0 Å². The second-order valence-electron chi connectivity index (χ2n) is 4.02. The van der Waals surface area contributed by atoms with Gasteiger partial charge in [0, 0.05) is 25.1 Å². The van der Waals surface area contributed by atoms with Crippen molar-refractivity contribution < 1.29 is 10.2 Å². The molecule has 0 aliphatic heterocycles. The standard InChI is InChI=1S/C10H23NO2/c1-4-9(13)6-11-7-10(3,5-2)8-12/h9,11-13H,4-8H2,1-3H3. The lowest BCUT2D eigenvalue weighted by Crippen LogP contribution is -2.37. The van der Waals surface area contributed by atoms with Crippen LogP contribution in [0.2, 0.25) is 0 Å². The first-order valence-corrected chi connectivity index (χ1v) is 5.07. The van der Waals surface area contributed by atoms with Gasteiger partial charge in [-0.1, -0.05) is 20.8 Å². The van der Waals surface area contributed by atoms with Crippen LogP contribution in [0.3, 0.4) is 0 Å². The summed E-state index contributed by atoms with van der Waals surface area (Å²) in [5, 5.41) is 21.5. The summed E-state index contributed by atoms with van der Waals surface area (Å²) in [5.41, 5.74) is -0.0482. The molecule has 0 aliphatic carbocycles. The fourth-order valence-corrected chi connectivity index (χ4v) is 0.978. The van der Waals surface area contributed by atoms with Crippen LogP contribution in [0.5, 0.6) is 0 Å². The molecule has 80 valence electrons. The van der Waals surface area contributed by atoms with Crippen LogP contribution in [0.15, 0.2) is 0 Å². The Balaban J connectivity index is 3.61.